The lowest BCUT2D eigenvalue weighted by molar-refractivity contribution is -0.124. The highest BCUT2D eigenvalue weighted by Gasteiger charge is 2.36. The smallest absolute Gasteiger partial charge is 0.341 e. The van der Waals surface area contributed by atoms with Crippen LogP contribution in [0.5, 0.6) is 5.75 Å². The van der Waals surface area contributed by atoms with Crippen molar-refractivity contribution in [3.8, 4) is 5.75 Å². The largest absolute Gasteiger partial charge is 0.502 e. The fourth-order valence-electron chi connectivity index (χ4n) is 2.35. The number of carbonyl (C=O) groups is 3. The van der Waals surface area contributed by atoms with Crippen LogP contribution in [0.25, 0.3) is 0 Å². The van der Waals surface area contributed by atoms with Gasteiger partial charge in [-0.3, -0.25) is 14.4 Å². The second-order valence-electron chi connectivity index (χ2n) is 5.15. The van der Waals surface area contributed by atoms with Gasteiger partial charge in [0, 0.05) is 27.0 Å². The second-order valence-corrected chi connectivity index (χ2v) is 5.15. The molecular formula is C14H17N3O8. The van der Waals surface area contributed by atoms with Crippen molar-refractivity contribution in [2.45, 2.75) is 0 Å². The first-order chi connectivity index (χ1) is 11.8. The highest BCUT2D eigenvalue weighted by molar-refractivity contribution is 6.00. The van der Waals surface area contributed by atoms with E-state index in [4.69, 9.17) is 14.6 Å². The number of aromatic nitrogens is 1. The van der Waals surface area contributed by atoms with Gasteiger partial charge in [0.2, 0.25) is 5.43 Å². The first kappa shape index (κ1) is 18.4. The van der Waals surface area contributed by atoms with Crippen LogP contribution in [-0.4, -0.2) is 78.2 Å². The van der Waals surface area contributed by atoms with Crippen molar-refractivity contribution in [2.75, 3.05) is 45.7 Å². The zero-order valence-corrected chi connectivity index (χ0v) is 13.6. The van der Waals surface area contributed by atoms with Crippen LogP contribution in [-0.2, 0) is 14.3 Å². The van der Waals surface area contributed by atoms with Gasteiger partial charge in [-0.05, 0) is 0 Å². The van der Waals surface area contributed by atoms with Crippen LogP contribution in [0.1, 0.15) is 20.8 Å². The molecule has 2 rings (SSSR count). The number of hydrogen-bond donors (Lipinski definition) is 2. The molecule has 1 aliphatic heterocycles. The number of methoxy groups -OCH3 is 2. The molecule has 0 unspecified atom stereocenters. The summed E-state index contributed by atoms with van der Waals surface area (Å²) in [5.74, 6) is -3.96. The summed E-state index contributed by atoms with van der Waals surface area (Å²) in [6.07, 6.45) is 0.832. The van der Waals surface area contributed by atoms with Crippen molar-refractivity contribution in [2.24, 2.45) is 0 Å². The van der Waals surface area contributed by atoms with Gasteiger partial charge in [-0.15, -0.1) is 0 Å². The van der Waals surface area contributed by atoms with E-state index in [9.17, 15) is 24.3 Å². The standard InChI is InChI=1S/C14H17N3O8/c1-24-4-3-15-7-17(9(18)6-25-2)16-5-8(14(22)23)11(19)12(20)10(16)13(15)21/h5,20H,3-4,6-7H2,1-2H3,(H,22,23). The Morgan fingerprint density at radius 3 is 2.48 bits per heavy atom. The maximum absolute atomic E-state index is 12.5. The highest BCUT2D eigenvalue weighted by Crippen LogP contribution is 2.21. The molecule has 1 aromatic rings. The molecule has 0 aliphatic carbocycles. The summed E-state index contributed by atoms with van der Waals surface area (Å²) < 4.78 is 10.5. The van der Waals surface area contributed by atoms with Crippen molar-refractivity contribution in [3.63, 3.8) is 0 Å². The Labute approximate surface area is 141 Å². The molecule has 0 spiro atoms. The maximum atomic E-state index is 12.5. The van der Waals surface area contributed by atoms with Gasteiger partial charge in [0.25, 0.3) is 11.8 Å². The SMILES string of the molecule is COCCN1CN(C(=O)COC)n2cc(C(=O)O)c(=O)c(O)c2C1=O. The number of nitrogens with zero attached hydrogens (tertiary/aromatic N) is 3. The number of fused-ring (bicyclic) bond motifs is 1. The predicted octanol–water partition coefficient (Wildman–Crippen LogP) is -1.58. The Kier molecular flexibility index (Phi) is 5.39. The third-order valence-electron chi connectivity index (χ3n) is 3.57. The van der Waals surface area contributed by atoms with Gasteiger partial charge in [-0.2, -0.15) is 0 Å². The molecule has 1 aromatic heterocycles. The fraction of sp³-hybridized carbons (Fsp3) is 0.429. The average Bonchev–Trinajstić information content (AvgIpc) is 2.56. The lowest BCUT2D eigenvalue weighted by atomic mass is 10.2. The molecule has 2 amide bonds. The summed E-state index contributed by atoms with van der Waals surface area (Å²) >= 11 is 0. The molecule has 11 nitrogen and oxygen atoms in total. The van der Waals surface area contributed by atoms with E-state index in [0.717, 1.165) is 15.9 Å². The van der Waals surface area contributed by atoms with Gasteiger partial charge in [0.1, 0.15) is 18.8 Å². The van der Waals surface area contributed by atoms with E-state index in [1.54, 1.807) is 0 Å². The first-order valence-electron chi connectivity index (χ1n) is 7.13. The molecule has 2 heterocycles. The fourth-order valence-corrected chi connectivity index (χ4v) is 2.35. The molecule has 25 heavy (non-hydrogen) atoms. The van der Waals surface area contributed by atoms with Gasteiger partial charge < -0.3 is 24.6 Å². The van der Waals surface area contributed by atoms with E-state index in [1.807, 2.05) is 0 Å². The third kappa shape index (κ3) is 3.32. The van der Waals surface area contributed by atoms with Crippen LogP contribution < -0.4 is 10.4 Å². The van der Waals surface area contributed by atoms with E-state index in [-0.39, 0.29) is 26.4 Å². The van der Waals surface area contributed by atoms with Crippen molar-refractivity contribution in [1.82, 2.24) is 9.58 Å². The third-order valence-corrected chi connectivity index (χ3v) is 3.57. The number of carboxylic acid groups (broad SMARTS) is 1. The summed E-state index contributed by atoms with van der Waals surface area (Å²) in [6, 6.07) is 0. The number of amides is 2. The molecule has 0 aromatic carbocycles. The van der Waals surface area contributed by atoms with Crippen LogP contribution in [0.4, 0.5) is 0 Å². The molecule has 2 N–H and O–H groups in total. The molecule has 0 radical (unpaired) electrons. The summed E-state index contributed by atoms with van der Waals surface area (Å²) in [5, 5.41) is 20.2. The van der Waals surface area contributed by atoms with Gasteiger partial charge in [0.15, 0.2) is 11.4 Å². The molecule has 11 heteroatoms. The molecule has 0 fully saturated rings. The zero-order valence-electron chi connectivity index (χ0n) is 13.6. The highest BCUT2D eigenvalue weighted by atomic mass is 16.5. The number of aromatic hydroxyl groups is 1. The molecule has 0 atom stereocenters. The van der Waals surface area contributed by atoms with E-state index in [0.29, 0.717) is 0 Å². The average molecular weight is 355 g/mol. The number of ether oxygens (including phenoxy) is 2. The summed E-state index contributed by atoms with van der Waals surface area (Å²) in [5.41, 5.74) is -2.48. The van der Waals surface area contributed by atoms with E-state index in [2.05, 4.69) is 0 Å². The van der Waals surface area contributed by atoms with Crippen LogP contribution in [0.3, 0.4) is 0 Å². The van der Waals surface area contributed by atoms with Crippen molar-refractivity contribution >= 4 is 17.8 Å². The molecule has 136 valence electrons. The Balaban J connectivity index is 2.64. The van der Waals surface area contributed by atoms with E-state index < -0.39 is 40.2 Å². The predicted molar refractivity (Wildman–Crippen MR) is 82.2 cm³/mol. The lowest BCUT2D eigenvalue weighted by Gasteiger charge is -2.38. The van der Waals surface area contributed by atoms with Gasteiger partial charge in [-0.1, -0.05) is 0 Å². The Morgan fingerprint density at radius 2 is 1.92 bits per heavy atom. The monoisotopic (exact) mass is 355 g/mol. The van der Waals surface area contributed by atoms with Crippen molar-refractivity contribution in [3.05, 3.63) is 27.7 Å². The second kappa shape index (κ2) is 7.32. The molecular weight excluding hydrogens is 338 g/mol. The zero-order chi connectivity index (χ0) is 18.7. The topological polar surface area (TPSA) is 139 Å². The minimum absolute atomic E-state index is 0.0976. The lowest BCUT2D eigenvalue weighted by Crippen LogP contribution is -2.58. The number of carbonyl (C=O) groups excluding carboxylic acids is 2. The van der Waals surface area contributed by atoms with E-state index >= 15 is 0 Å². The van der Waals surface area contributed by atoms with Crippen LogP contribution in [0.2, 0.25) is 0 Å². The van der Waals surface area contributed by atoms with Crippen molar-refractivity contribution < 1.29 is 34.1 Å². The summed E-state index contributed by atoms with van der Waals surface area (Å²) in [7, 11) is 2.72. The Bertz CT molecular complexity index is 772. The Morgan fingerprint density at radius 1 is 1.24 bits per heavy atom. The minimum Gasteiger partial charge on any atom is -0.502 e. The van der Waals surface area contributed by atoms with Crippen molar-refractivity contribution in [1.29, 1.82) is 0 Å². The molecule has 0 bridgehead atoms. The normalized spacial score (nSPS) is 13.8. The number of rotatable bonds is 6. The quantitative estimate of drug-likeness (QED) is 0.623. The number of carboxylic acids is 1. The maximum Gasteiger partial charge on any atom is 0.341 e. The van der Waals surface area contributed by atoms with Crippen LogP contribution in [0, 0.1) is 0 Å². The molecule has 0 saturated heterocycles. The summed E-state index contributed by atoms with van der Waals surface area (Å²) in [4.78, 5) is 49.2. The summed E-state index contributed by atoms with van der Waals surface area (Å²) in [6.45, 7) is -0.309. The number of hydrogen-bond acceptors (Lipinski definition) is 7. The number of pyridine rings is 1. The minimum atomic E-state index is -1.59. The van der Waals surface area contributed by atoms with Gasteiger partial charge in [-0.25, -0.2) is 14.5 Å². The van der Waals surface area contributed by atoms with Crippen LogP contribution in [0.15, 0.2) is 11.0 Å². The van der Waals surface area contributed by atoms with Gasteiger partial charge in [0.05, 0.1) is 6.61 Å². The number of aromatic carboxylic acids is 1. The molecule has 0 saturated carbocycles. The first-order valence-corrected chi connectivity index (χ1v) is 7.13. The molecule has 1 aliphatic rings. The van der Waals surface area contributed by atoms with Crippen LogP contribution >= 0.6 is 0 Å². The van der Waals surface area contributed by atoms with E-state index in [1.165, 1.54) is 19.1 Å². The van der Waals surface area contributed by atoms with Gasteiger partial charge >= 0.3 is 5.97 Å². The Hall–Kier alpha value is -2.92.